The molecule has 294 valence electrons. The Bertz CT molecular complexity index is 3020. The van der Waals surface area contributed by atoms with Gasteiger partial charge in [-0.05, 0) is 127 Å². The second-order valence-electron chi connectivity index (χ2n) is 15.6. The van der Waals surface area contributed by atoms with Crippen molar-refractivity contribution in [2.24, 2.45) is 0 Å². The molecule has 0 fully saturated rings. The molecule has 10 rings (SSSR count). The standard InChI is InChI=1S/C60H44N2/c61-54-35-33-47(34-36-54)57-37-38-58(62(55-31-15-27-50(41-55)45-21-9-3-10-22-45)56-32-16-28-51(42-56)46-23-11-4-12-24-46)60(53-30-14-26-49(40-53)44-19-7-2-8-20-44)59(57)52-29-13-25-48(39-52)43-17-5-1-6-18-43/h1-42H,61H2. The smallest absolute Gasteiger partial charge is 0.0546 e. The lowest BCUT2D eigenvalue weighted by atomic mass is 9.84. The molecule has 62 heavy (non-hydrogen) atoms. The highest BCUT2D eigenvalue weighted by molar-refractivity contribution is 6.04. The van der Waals surface area contributed by atoms with Crippen LogP contribution in [0.4, 0.5) is 22.7 Å². The summed E-state index contributed by atoms with van der Waals surface area (Å²) < 4.78 is 0. The first-order valence-electron chi connectivity index (χ1n) is 21.1. The summed E-state index contributed by atoms with van der Waals surface area (Å²) in [6.07, 6.45) is 0. The van der Waals surface area contributed by atoms with Gasteiger partial charge in [0.1, 0.15) is 0 Å². The zero-order valence-corrected chi connectivity index (χ0v) is 34.3. The highest BCUT2D eigenvalue weighted by atomic mass is 15.1. The Balaban J connectivity index is 1.31. The lowest BCUT2D eigenvalue weighted by Gasteiger charge is -2.31. The zero-order valence-electron chi connectivity index (χ0n) is 34.3. The van der Waals surface area contributed by atoms with E-state index in [1.165, 1.54) is 22.3 Å². The fourth-order valence-electron chi connectivity index (χ4n) is 8.58. The van der Waals surface area contributed by atoms with Crippen molar-refractivity contribution >= 4 is 22.7 Å². The molecule has 0 saturated heterocycles. The summed E-state index contributed by atoms with van der Waals surface area (Å²) in [5, 5.41) is 0. The Labute approximate surface area is 364 Å². The zero-order chi connectivity index (χ0) is 41.7. The van der Waals surface area contributed by atoms with E-state index in [4.69, 9.17) is 5.73 Å². The monoisotopic (exact) mass is 792 g/mol. The number of nitrogens with zero attached hydrogens (tertiary/aromatic N) is 1. The molecule has 0 unspecified atom stereocenters. The Morgan fingerprint density at radius 1 is 0.242 bits per heavy atom. The molecule has 10 aromatic carbocycles. The molecule has 0 atom stereocenters. The summed E-state index contributed by atoms with van der Waals surface area (Å²) in [6, 6.07) is 91.3. The number of rotatable bonds is 10. The predicted molar refractivity (Wildman–Crippen MR) is 264 cm³/mol. The molecule has 0 bridgehead atoms. The molecule has 0 radical (unpaired) electrons. The fraction of sp³-hybridized carbons (Fsp3) is 0. The summed E-state index contributed by atoms with van der Waals surface area (Å²) >= 11 is 0. The number of hydrogen-bond donors (Lipinski definition) is 1. The van der Waals surface area contributed by atoms with Crippen LogP contribution in [0.25, 0.3) is 77.9 Å². The Morgan fingerprint density at radius 2 is 0.597 bits per heavy atom. The van der Waals surface area contributed by atoms with Crippen LogP contribution in [-0.4, -0.2) is 0 Å². The van der Waals surface area contributed by atoms with Gasteiger partial charge in [-0.25, -0.2) is 0 Å². The normalized spacial score (nSPS) is 11.0. The molecule has 2 N–H and O–H groups in total. The maximum absolute atomic E-state index is 6.33. The van der Waals surface area contributed by atoms with Crippen LogP contribution in [0, 0.1) is 0 Å². The Kier molecular flexibility index (Phi) is 10.5. The molecular formula is C60H44N2. The highest BCUT2D eigenvalue weighted by Crippen LogP contribution is 2.51. The van der Waals surface area contributed by atoms with Gasteiger partial charge >= 0.3 is 0 Å². The summed E-state index contributed by atoms with van der Waals surface area (Å²) in [6.45, 7) is 0. The lowest BCUT2D eigenvalue weighted by Crippen LogP contribution is -2.12. The lowest BCUT2D eigenvalue weighted by molar-refractivity contribution is 1.28. The molecule has 0 aromatic heterocycles. The quantitative estimate of drug-likeness (QED) is 0.140. The van der Waals surface area contributed by atoms with Gasteiger partial charge in [0, 0.05) is 22.6 Å². The fourth-order valence-corrected chi connectivity index (χ4v) is 8.58. The van der Waals surface area contributed by atoms with Crippen molar-refractivity contribution in [3.05, 3.63) is 255 Å². The minimum atomic E-state index is 0.733. The molecule has 0 aliphatic rings. The number of nitrogens with two attached hydrogens (primary N) is 1. The highest BCUT2D eigenvalue weighted by Gasteiger charge is 2.25. The van der Waals surface area contributed by atoms with Gasteiger partial charge in [-0.2, -0.15) is 0 Å². The molecule has 0 heterocycles. The van der Waals surface area contributed by atoms with E-state index >= 15 is 0 Å². The predicted octanol–water partition coefficient (Wildman–Crippen LogP) is 16.4. The van der Waals surface area contributed by atoms with Crippen LogP contribution in [0.5, 0.6) is 0 Å². The Morgan fingerprint density at radius 3 is 1.03 bits per heavy atom. The third-order valence-corrected chi connectivity index (χ3v) is 11.6. The van der Waals surface area contributed by atoms with Crippen LogP contribution in [0.2, 0.25) is 0 Å². The van der Waals surface area contributed by atoms with Gasteiger partial charge in [-0.1, -0.05) is 200 Å². The van der Waals surface area contributed by atoms with Crippen LogP contribution < -0.4 is 10.6 Å². The van der Waals surface area contributed by atoms with Crippen molar-refractivity contribution in [3.63, 3.8) is 0 Å². The van der Waals surface area contributed by atoms with E-state index in [9.17, 15) is 0 Å². The first-order valence-corrected chi connectivity index (χ1v) is 21.1. The number of hydrogen-bond acceptors (Lipinski definition) is 2. The molecule has 0 amide bonds. The number of anilines is 4. The Hall–Kier alpha value is -8.20. The van der Waals surface area contributed by atoms with Gasteiger partial charge in [0.25, 0.3) is 0 Å². The van der Waals surface area contributed by atoms with Crippen molar-refractivity contribution in [1.29, 1.82) is 0 Å². The van der Waals surface area contributed by atoms with Crippen LogP contribution in [0.1, 0.15) is 0 Å². The molecule has 0 spiro atoms. The number of benzene rings is 10. The van der Waals surface area contributed by atoms with Gasteiger partial charge in [0.05, 0.1) is 5.69 Å². The second kappa shape index (κ2) is 17.2. The molecule has 0 aliphatic heterocycles. The first kappa shape index (κ1) is 38.0. The average molecular weight is 793 g/mol. The third-order valence-electron chi connectivity index (χ3n) is 11.6. The minimum absolute atomic E-state index is 0.733. The van der Waals surface area contributed by atoms with Crippen molar-refractivity contribution in [2.45, 2.75) is 0 Å². The maximum atomic E-state index is 6.33. The van der Waals surface area contributed by atoms with Gasteiger partial charge in [0.2, 0.25) is 0 Å². The maximum Gasteiger partial charge on any atom is 0.0546 e. The molecule has 10 aromatic rings. The van der Waals surface area contributed by atoms with E-state index in [-0.39, 0.29) is 0 Å². The van der Waals surface area contributed by atoms with E-state index in [1.54, 1.807) is 0 Å². The van der Waals surface area contributed by atoms with Gasteiger partial charge in [-0.15, -0.1) is 0 Å². The topological polar surface area (TPSA) is 29.3 Å². The van der Waals surface area contributed by atoms with Crippen LogP contribution in [0.3, 0.4) is 0 Å². The van der Waals surface area contributed by atoms with Crippen LogP contribution in [-0.2, 0) is 0 Å². The molecular weight excluding hydrogens is 749 g/mol. The summed E-state index contributed by atoms with van der Waals surface area (Å²) in [4.78, 5) is 2.45. The van der Waals surface area contributed by atoms with Crippen molar-refractivity contribution in [1.82, 2.24) is 0 Å². The van der Waals surface area contributed by atoms with Crippen molar-refractivity contribution in [3.8, 4) is 77.9 Å². The van der Waals surface area contributed by atoms with Crippen LogP contribution >= 0.6 is 0 Å². The largest absolute Gasteiger partial charge is 0.399 e. The number of nitrogen functional groups attached to an aromatic ring is 1. The van der Waals surface area contributed by atoms with Crippen molar-refractivity contribution in [2.75, 3.05) is 10.6 Å². The SMILES string of the molecule is Nc1ccc(-c2ccc(N(c3cccc(-c4ccccc4)c3)c3cccc(-c4ccccc4)c3)c(-c3cccc(-c4ccccc4)c3)c2-c2cccc(-c3ccccc3)c2)cc1. The third kappa shape index (κ3) is 7.81. The molecule has 2 nitrogen and oxygen atoms in total. The van der Waals surface area contributed by atoms with E-state index in [2.05, 4.69) is 248 Å². The molecule has 2 heteroatoms. The second-order valence-corrected chi connectivity index (χ2v) is 15.6. The van der Waals surface area contributed by atoms with Gasteiger partial charge < -0.3 is 10.6 Å². The van der Waals surface area contributed by atoms with E-state index in [0.717, 1.165) is 78.4 Å². The van der Waals surface area contributed by atoms with E-state index in [0.29, 0.717) is 0 Å². The van der Waals surface area contributed by atoms with E-state index in [1.807, 2.05) is 12.1 Å². The van der Waals surface area contributed by atoms with Gasteiger partial charge in [-0.3, -0.25) is 0 Å². The van der Waals surface area contributed by atoms with Crippen LogP contribution in [0.15, 0.2) is 255 Å². The van der Waals surface area contributed by atoms with E-state index < -0.39 is 0 Å². The molecule has 0 saturated carbocycles. The van der Waals surface area contributed by atoms with Crippen molar-refractivity contribution < 1.29 is 0 Å². The van der Waals surface area contributed by atoms with Gasteiger partial charge in [0.15, 0.2) is 0 Å². The summed E-state index contributed by atoms with van der Waals surface area (Å²) in [5.74, 6) is 0. The summed E-state index contributed by atoms with van der Waals surface area (Å²) in [5.41, 5.74) is 26.2. The first-order chi connectivity index (χ1) is 30.7. The molecule has 0 aliphatic carbocycles. The summed E-state index contributed by atoms with van der Waals surface area (Å²) in [7, 11) is 0. The average Bonchev–Trinajstić information content (AvgIpc) is 3.35. The minimum Gasteiger partial charge on any atom is -0.399 e.